The minimum atomic E-state index is -0.849. The first kappa shape index (κ1) is 20.8. The highest BCUT2D eigenvalue weighted by Gasteiger charge is 2.23. The lowest BCUT2D eigenvalue weighted by molar-refractivity contribution is -0.384. The molecule has 10 nitrogen and oxygen atoms in total. The molecule has 156 valence electrons. The summed E-state index contributed by atoms with van der Waals surface area (Å²) in [5.41, 5.74) is 0.582. The number of rotatable bonds is 8. The fourth-order valence-electron chi connectivity index (χ4n) is 2.83. The number of furan rings is 1. The number of fused-ring (bicyclic) bond motifs is 1. The van der Waals surface area contributed by atoms with Crippen molar-refractivity contribution in [3.8, 4) is 5.75 Å². The van der Waals surface area contributed by atoms with Crippen molar-refractivity contribution in [2.24, 2.45) is 0 Å². The van der Waals surface area contributed by atoms with E-state index in [4.69, 9.17) is 18.6 Å². The number of nitrogens with zero attached hydrogens (tertiary/aromatic N) is 1. The third-order valence-corrected chi connectivity index (χ3v) is 4.18. The van der Waals surface area contributed by atoms with Gasteiger partial charge in [-0.15, -0.1) is 0 Å². The van der Waals surface area contributed by atoms with E-state index in [1.165, 1.54) is 32.4 Å². The molecular weight excluding hydrogens is 396 g/mol. The van der Waals surface area contributed by atoms with Crippen LogP contribution >= 0.6 is 0 Å². The predicted molar refractivity (Wildman–Crippen MR) is 105 cm³/mol. The van der Waals surface area contributed by atoms with Crippen molar-refractivity contribution in [2.45, 2.75) is 6.61 Å². The molecule has 0 aliphatic carbocycles. The number of carbonyl (C=O) groups excluding carboxylic acids is 2. The van der Waals surface area contributed by atoms with E-state index in [-0.39, 0.29) is 29.5 Å². The highest BCUT2D eigenvalue weighted by molar-refractivity contribution is 5.99. The fraction of sp³-hybridized carbons (Fsp3) is 0.200. The van der Waals surface area contributed by atoms with Crippen molar-refractivity contribution in [3.05, 3.63) is 63.9 Å². The molecule has 0 fully saturated rings. The highest BCUT2D eigenvalue weighted by Crippen LogP contribution is 2.29. The third kappa shape index (κ3) is 4.39. The van der Waals surface area contributed by atoms with E-state index in [1.807, 2.05) is 0 Å². The number of carbonyl (C=O) groups is 2. The van der Waals surface area contributed by atoms with E-state index >= 15 is 0 Å². The summed E-state index contributed by atoms with van der Waals surface area (Å²) >= 11 is 0. The van der Waals surface area contributed by atoms with Crippen LogP contribution in [0, 0.1) is 10.1 Å². The molecule has 1 heterocycles. The van der Waals surface area contributed by atoms with Gasteiger partial charge in [0.15, 0.2) is 6.61 Å². The van der Waals surface area contributed by atoms with Gasteiger partial charge in [0.05, 0.1) is 24.7 Å². The third-order valence-electron chi connectivity index (χ3n) is 4.18. The number of ether oxygens (including phenoxy) is 3. The van der Waals surface area contributed by atoms with E-state index in [1.54, 1.807) is 24.3 Å². The number of nitro benzene ring substituents is 1. The lowest BCUT2D eigenvalue weighted by Gasteiger charge is -2.08. The summed E-state index contributed by atoms with van der Waals surface area (Å²) in [4.78, 5) is 35.2. The Kier molecular flexibility index (Phi) is 6.28. The number of hydrogen-bond donors (Lipinski definition) is 1. The quantitative estimate of drug-likeness (QED) is 0.338. The maximum atomic E-state index is 12.4. The highest BCUT2D eigenvalue weighted by atomic mass is 16.6. The van der Waals surface area contributed by atoms with Crippen molar-refractivity contribution in [1.29, 1.82) is 0 Å². The maximum absolute atomic E-state index is 12.4. The molecule has 0 saturated heterocycles. The van der Waals surface area contributed by atoms with Crippen LogP contribution in [0.4, 0.5) is 11.4 Å². The molecule has 0 aliphatic rings. The molecule has 10 heteroatoms. The molecule has 1 amide bonds. The maximum Gasteiger partial charge on any atom is 0.375 e. The molecule has 0 bridgehead atoms. The summed E-state index contributed by atoms with van der Waals surface area (Å²) in [5, 5.41) is 14.2. The average molecular weight is 414 g/mol. The number of nitrogens with one attached hydrogen (secondary N) is 1. The average Bonchev–Trinajstić information content (AvgIpc) is 3.11. The molecule has 3 aromatic rings. The molecule has 30 heavy (non-hydrogen) atoms. The summed E-state index contributed by atoms with van der Waals surface area (Å²) in [6.45, 7) is -0.544. The normalized spacial score (nSPS) is 10.6. The molecular formula is C20H18N2O8. The van der Waals surface area contributed by atoms with Gasteiger partial charge in [-0.1, -0.05) is 18.2 Å². The molecule has 1 N–H and O–H groups in total. The smallest absolute Gasteiger partial charge is 0.375 e. The Morgan fingerprint density at radius 3 is 2.63 bits per heavy atom. The molecule has 0 atom stereocenters. The van der Waals surface area contributed by atoms with Gasteiger partial charge in [0.25, 0.3) is 11.6 Å². The Bertz CT molecular complexity index is 1110. The van der Waals surface area contributed by atoms with Crippen LogP contribution in [-0.2, 0) is 20.9 Å². The molecule has 0 radical (unpaired) electrons. The molecule has 2 aromatic carbocycles. The molecule has 0 saturated carbocycles. The van der Waals surface area contributed by atoms with E-state index in [9.17, 15) is 19.7 Å². The second kappa shape index (κ2) is 9.05. The Morgan fingerprint density at radius 2 is 1.93 bits per heavy atom. The van der Waals surface area contributed by atoms with Gasteiger partial charge < -0.3 is 23.9 Å². The largest absolute Gasteiger partial charge is 0.496 e. The zero-order valence-electron chi connectivity index (χ0n) is 16.2. The van der Waals surface area contributed by atoms with Crippen LogP contribution in [0.25, 0.3) is 11.0 Å². The zero-order valence-corrected chi connectivity index (χ0v) is 16.2. The fourth-order valence-corrected chi connectivity index (χ4v) is 2.83. The van der Waals surface area contributed by atoms with Crippen LogP contribution < -0.4 is 10.1 Å². The van der Waals surface area contributed by atoms with Crippen LogP contribution in [0.1, 0.15) is 16.1 Å². The molecule has 0 unspecified atom stereocenters. The molecule has 0 spiro atoms. The Hall–Kier alpha value is -3.92. The predicted octanol–water partition coefficient (Wildman–Crippen LogP) is 3.29. The van der Waals surface area contributed by atoms with Crippen molar-refractivity contribution in [2.75, 3.05) is 26.1 Å². The van der Waals surface area contributed by atoms with E-state index in [2.05, 4.69) is 5.32 Å². The van der Waals surface area contributed by atoms with Crippen LogP contribution in [0.5, 0.6) is 5.75 Å². The van der Waals surface area contributed by atoms with Gasteiger partial charge in [-0.3, -0.25) is 14.9 Å². The number of esters is 1. The minimum absolute atomic E-state index is 0.0503. The van der Waals surface area contributed by atoms with Crippen LogP contribution in [0.3, 0.4) is 0 Å². The number of hydrogen-bond acceptors (Lipinski definition) is 8. The molecule has 0 aliphatic heterocycles. The van der Waals surface area contributed by atoms with E-state index in [0.717, 1.165) is 0 Å². The topological polar surface area (TPSA) is 130 Å². The second-order valence-electron chi connectivity index (χ2n) is 6.10. The zero-order chi connectivity index (χ0) is 21.7. The van der Waals surface area contributed by atoms with Crippen molar-refractivity contribution >= 4 is 34.2 Å². The summed E-state index contributed by atoms with van der Waals surface area (Å²) < 4.78 is 20.6. The lowest BCUT2D eigenvalue weighted by atomic mass is 10.1. The van der Waals surface area contributed by atoms with Gasteiger partial charge in [-0.2, -0.15) is 0 Å². The SMILES string of the molecule is COCc1c(C(=O)OCC(=O)Nc2ccc(OC)cc2[N+](=O)[O-])oc2ccccc12. The van der Waals surface area contributed by atoms with Crippen LogP contribution in [-0.4, -0.2) is 37.6 Å². The number of amides is 1. The monoisotopic (exact) mass is 414 g/mol. The van der Waals surface area contributed by atoms with Gasteiger partial charge in [-0.05, 0) is 18.2 Å². The first-order valence-electron chi connectivity index (χ1n) is 8.73. The Labute approximate surface area is 170 Å². The number of benzene rings is 2. The van der Waals surface area contributed by atoms with Gasteiger partial charge >= 0.3 is 5.97 Å². The summed E-state index contributed by atoms with van der Waals surface area (Å²) in [6, 6.07) is 11.0. The first-order valence-corrected chi connectivity index (χ1v) is 8.73. The molecule has 3 rings (SSSR count). The summed E-state index contributed by atoms with van der Waals surface area (Å²) in [6.07, 6.45) is 0. The summed E-state index contributed by atoms with van der Waals surface area (Å²) in [5.74, 6) is -1.40. The number of methoxy groups -OCH3 is 2. The molecule has 1 aromatic heterocycles. The Balaban J connectivity index is 1.71. The van der Waals surface area contributed by atoms with Crippen LogP contribution in [0.2, 0.25) is 0 Å². The lowest BCUT2D eigenvalue weighted by Crippen LogP contribution is -2.21. The first-order chi connectivity index (χ1) is 14.4. The van der Waals surface area contributed by atoms with Crippen molar-refractivity contribution < 1.29 is 33.1 Å². The van der Waals surface area contributed by atoms with Gasteiger partial charge in [0.1, 0.15) is 17.0 Å². The van der Waals surface area contributed by atoms with Crippen molar-refractivity contribution in [1.82, 2.24) is 0 Å². The van der Waals surface area contributed by atoms with Crippen molar-refractivity contribution in [3.63, 3.8) is 0 Å². The van der Waals surface area contributed by atoms with Crippen LogP contribution in [0.15, 0.2) is 46.9 Å². The van der Waals surface area contributed by atoms with Gasteiger partial charge in [0, 0.05) is 18.1 Å². The van der Waals surface area contributed by atoms with E-state index < -0.39 is 23.4 Å². The number of para-hydroxylation sites is 1. The number of nitro groups is 1. The standard InChI is InChI=1S/C20H18N2O8/c1-27-10-14-13-5-3-4-6-17(13)30-19(14)20(24)29-11-18(23)21-15-8-7-12(28-2)9-16(15)22(25)26/h3-9H,10-11H2,1-2H3,(H,21,23). The van der Waals surface area contributed by atoms with E-state index in [0.29, 0.717) is 16.5 Å². The van der Waals surface area contributed by atoms with Gasteiger partial charge in [-0.25, -0.2) is 4.79 Å². The second-order valence-corrected chi connectivity index (χ2v) is 6.10. The number of anilines is 1. The van der Waals surface area contributed by atoms with Gasteiger partial charge in [0.2, 0.25) is 5.76 Å². The minimum Gasteiger partial charge on any atom is -0.496 e. The Morgan fingerprint density at radius 1 is 1.17 bits per heavy atom. The summed E-state index contributed by atoms with van der Waals surface area (Å²) in [7, 11) is 2.85.